The molecule has 1 N–H and O–H groups in total. The van der Waals surface area contributed by atoms with E-state index in [1.807, 2.05) is 18.9 Å². The molecule has 0 unspecified atom stereocenters. The van der Waals surface area contributed by atoms with Crippen molar-refractivity contribution in [2.24, 2.45) is 0 Å². The van der Waals surface area contributed by atoms with Gasteiger partial charge in [0.1, 0.15) is 0 Å². The van der Waals surface area contributed by atoms with Gasteiger partial charge in [-0.15, -0.1) is 0 Å². The minimum absolute atomic E-state index is 0.0825. The van der Waals surface area contributed by atoms with Gasteiger partial charge in [-0.25, -0.2) is 0 Å². The lowest BCUT2D eigenvalue weighted by molar-refractivity contribution is -0.138. The van der Waals surface area contributed by atoms with Gasteiger partial charge in [0.15, 0.2) is 0 Å². The van der Waals surface area contributed by atoms with Crippen molar-refractivity contribution in [3.05, 3.63) is 33.8 Å². The summed E-state index contributed by atoms with van der Waals surface area (Å²) in [5, 5.41) is 3.18. The first-order valence-electron chi connectivity index (χ1n) is 6.09. The molecule has 0 aromatic heterocycles. The molecule has 108 valence electrons. The number of hydrogen-bond donors (Lipinski definition) is 1. The molecular weight excluding hydrogens is 321 g/mol. The molecule has 1 aromatic carbocycles. The smallest absolute Gasteiger partial charge is 0.316 e. The van der Waals surface area contributed by atoms with E-state index in [2.05, 4.69) is 21.2 Å². The lowest BCUT2D eigenvalue weighted by Gasteiger charge is -2.18. The number of alkyl halides is 3. The Balaban J connectivity index is 2.69. The average molecular weight is 339 g/mol. The zero-order valence-corrected chi connectivity index (χ0v) is 12.6. The fourth-order valence-corrected chi connectivity index (χ4v) is 2.20. The van der Waals surface area contributed by atoms with E-state index in [-0.39, 0.29) is 4.47 Å². The molecule has 0 radical (unpaired) electrons. The van der Waals surface area contributed by atoms with Crippen LogP contribution in [0.2, 0.25) is 0 Å². The number of rotatable bonds is 6. The molecule has 6 heteroatoms. The van der Waals surface area contributed by atoms with Crippen LogP contribution in [0.5, 0.6) is 0 Å². The van der Waals surface area contributed by atoms with Crippen LogP contribution in [0.15, 0.2) is 22.7 Å². The van der Waals surface area contributed by atoms with E-state index in [1.54, 1.807) is 6.07 Å². The van der Waals surface area contributed by atoms with Gasteiger partial charge in [0.05, 0.1) is 5.56 Å². The first kappa shape index (κ1) is 16.5. The summed E-state index contributed by atoms with van der Waals surface area (Å²) in [4.78, 5) is 1.99. The number of likely N-dealkylation sites (N-methyl/N-ethyl adjacent to an activating group) is 2. The molecule has 0 aliphatic heterocycles. The monoisotopic (exact) mass is 338 g/mol. The summed E-state index contributed by atoms with van der Waals surface area (Å²) in [5.41, 5.74) is 0.0413. The highest BCUT2D eigenvalue weighted by Crippen LogP contribution is 2.35. The Morgan fingerprint density at radius 2 is 2.00 bits per heavy atom. The molecule has 1 rings (SSSR count). The van der Waals surface area contributed by atoms with Gasteiger partial charge in [-0.3, -0.25) is 0 Å². The van der Waals surface area contributed by atoms with Crippen molar-refractivity contribution in [2.75, 3.05) is 26.7 Å². The van der Waals surface area contributed by atoms with Crippen molar-refractivity contribution < 1.29 is 13.2 Å². The van der Waals surface area contributed by atoms with Crippen LogP contribution in [0.25, 0.3) is 0 Å². The molecule has 0 bridgehead atoms. The van der Waals surface area contributed by atoms with Gasteiger partial charge in [0, 0.05) is 24.1 Å². The molecule has 0 aliphatic rings. The molecule has 0 amide bonds. The molecule has 0 spiro atoms. The molecule has 1 aromatic rings. The fraction of sp³-hybridized carbons (Fsp3) is 0.538. The first-order chi connectivity index (χ1) is 8.84. The number of nitrogens with zero attached hydrogens (tertiary/aromatic N) is 1. The van der Waals surface area contributed by atoms with Gasteiger partial charge < -0.3 is 10.2 Å². The second kappa shape index (κ2) is 7.26. The summed E-state index contributed by atoms with van der Waals surface area (Å²) >= 11 is 2.94. The van der Waals surface area contributed by atoms with E-state index in [0.29, 0.717) is 12.1 Å². The molecule has 0 saturated heterocycles. The first-order valence-corrected chi connectivity index (χ1v) is 6.88. The number of halogens is 4. The van der Waals surface area contributed by atoms with Gasteiger partial charge in [0.2, 0.25) is 0 Å². The standard InChI is InChI=1S/C13H18BrF3N2/c1-3-18-6-7-19(2)9-10-4-5-12(14)11(8-10)13(15,16)17/h4-5,8,18H,3,6-7,9H2,1-2H3. The van der Waals surface area contributed by atoms with Crippen molar-refractivity contribution in [2.45, 2.75) is 19.6 Å². The number of benzene rings is 1. The molecule has 0 heterocycles. The summed E-state index contributed by atoms with van der Waals surface area (Å²) < 4.78 is 38.4. The van der Waals surface area contributed by atoms with E-state index < -0.39 is 11.7 Å². The Labute approximate surface area is 120 Å². The molecule has 19 heavy (non-hydrogen) atoms. The lowest BCUT2D eigenvalue weighted by Crippen LogP contribution is -2.28. The largest absolute Gasteiger partial charge is 0.417 e. The Hall–Kier alpha value is -0.590. The molecule has 2 nitrogen and oxygen atoms in total. The van der Waals surface area contributed by atoms with E-state index in [9.17, 15) is 13.2 Å². The van der Waals surface area contributed by atoms with Gasteiger partial charge in [-0.2, -0.15) is 13.2 Å². The molecular formula is C13H18BrF3N2. The third-order valence-corrected chi connectivity index (χ3v) is 3.40. The van der Waals surface area contributed by atoms with Crippen molar-refractivity contribution >= 4 is 15.9 Å². The highest BCUT2D eigenvalue weighted by atomic mass is 79.9. The quantitative estimate of drug-likeness (QED) is 0.798. The Kier molecular flexibility index (Phi) is 6.29. The summed E-state index contributed by atoms with van der Waals surface area (Å²) in [6.45, 7) is 5.04. The van der Waals surface area contributed by atoms with Gasteiger partial charge >= 0.3 is 6.18 Å². The fourth-order valence-electron chi connectivity index (χ4n) is 1.73. The zero-order valence-electron chi connectivity index (χ0n) is 11.0. The van der Waals surface area contributed by atoms with E-state index >= 15 is 0 Å². The van der Waals surface area contributed by atoms with Crippen molar-refractivity contribution in [1.82, 2.24) is 10.2 Å². The maximum atomic E-state index is 12.8. The lowest BCUT2D eigenvalue weighted by atomic mass is 10.1. The normalized spacial score (nSPS) is 12.2. The van der Waals surface area contributed by atoms with Gasteiger partial charge in [0.25, 0.3) is 0 Å². The van der Waals surface area contributed by atoms with E-state index in [4.69, 9.17) is 0 Å². The predicted molar refractivity (Wildman–Crippen MR) is 74.0 cm³/mol. The van der Waals surface area contributed by atoms with Crippen LogP contribution >= 0.6 is 15.9 Å². The second-order valence-corrected chi connectivity index (χ2v) is 5.26. The van der Waals surface area contributed by atoms with Crippen LogP contribution in [0.3, 0.4) is 0 Å². The van der Waals surface area contributed by atoms with Crippen molar-refractivity contribution in [3.8, 4) is 0 Å². The second-order valence-electron chi connectivity index (χ2n) is 4.40. The topological polar surface area (TPSA) is 15.3 Å². The maximum absolute atomic E-state index is 12.8. The molecule has 0 fully saturated rings. The molecule has 0 atom stereocenters. The third kappa shape index (κ3) is 5.50. The van der Waals surface area contributed by atoms with Gasteiger partial charge in [-0.1, -0.05) is 28.9 Å². The Bertz CT molecular complexity index is 407. The molecule has 0 saturated carbocycles. The van der Waals surface area contributed by atoms with Crippen LogP contribution < -0.4 is 5.32 Å². The maximum Gasteiger partial charge on any atom is 0.417 e. The third-order valence-electron chi connectivity index (χ3n) is 2.71. The van der Waals surface area contributed by atoms with Crippen molar-refractivity contribution in [1.29, 1.82) is 0 Å². The predicted octanol–water partition coefficient (Wildman–Crippen LogP) is 3.51. The summed E-state index contributed by atoms with van der Waals surface area (Å²) in [6.07, 6.45) is -4.32. The Morgan fingerprint density at radius 3 is 2.58 bits per heavy atom. The SMILES string of the molecule is CCNCCN(C)Cc1ccc(Br)c(C(F)(F)F)c1. The van der Waals surface area contributed by atoms with Crippen LogP contribution in [-0.4, -0.2) is 31.6 Å². The van der Waals surface area contributed by atoms with E-state index in [0.717, 1.165) is 19.6 Å². The van der Waals surface area contributed by atoms with Crippen molar-refractivity contribution in [3.63, 3.8) is 0 Å². The zero-order chi connectivity index (χ0) is 14.5. The highest BCUT2D eigenvalue weighted by Gasteiger charge is 2.33. The summed E-state index contributed by atoms with van der Waals surface area (Å²) in [7, 11) is 1.90. The highest BCUT2D eigenvalue weighted by molar-refractivity contribution is 9.10. The minimum Gasteiger partial charge on any atom is -0.316 e. The molecule has 0 aliphatic carbocycles. The van der Waals surface area contributed by atoms with Crippen LogP contribution in [0.4, 0.5) is 13.2 Å². The average Bonchev–Trinajstić information content (AvgIpc) is 2.30. The number of hydrogen-bond acceptors (Lipinski definition) is 2. The van der Waals surface area contributed by atoms with Crippen LogP contribution in [-0.2, 0) is 12.7 Å². The Morgan fingerprint density at radius 1 is 1.32 bits per heavy atom. The summed E-state index contributed by atoms with van der Waals surface area (Å²) in [5.74, 6) is 0. The van der Waals surface area contributed by atoms with Crippen LogP contribution in [0, 0.1) is 0 Å². The number of nitrogens with one attached hydrogen (secondary N) is 1. The summed E-state index contributed by atoms with van der Waals surface area (Å²) in [6, 6.07) is 4.37. The van der Waals surface area contributed by atoms with Gasteiger partial charge in [-0.05, 0) is 31.3 Å². The van der Waals surface area contributed by atoms with E-state index in [1.165, 1.54) is 12.1 Å². The van der Waals surface area contributed by atoms with Crippen LogP contribution in [0.1, 0.15) is 18.1 Å². The minimum atomic E-state index is -4.32.